The molecule has 160 valence electrons. The highest BCUT2D eigenvalue weighted by molar-refractivity contribution is 5.74. The van der Waals surface area contributed by atoms with Gasteiger partial charge in [0.2, 0.25) is 11.7 Å². The number of hydrogen-bond donors (Lipinski definition) is 0. The van der Waals surface area contributed by atoms with Crippen LogP contribution in [0.25, 0.3) is 22.4 Å². The molecule has 0 fully saturated rings. The van der Waals surface area contributed by atoms with E-state index in [9.17, 15) is 22.8 Å². The third-order valence-corrected chi connectivity index (χ3v) is 4.57. The molecule has 9 nitrogen and oxygen atoms in total. The Kier molecular flexibility index (Phi) is 4.84. The minimum Gasteiger partial charge on any atom is -0.497 e. The van der Waals surface area contributed by atoms with E-state index >= 15 is 0 Å². The number of benzene rings is 1. The van der Waals surface area contributed by atoms with Crippen molar-refractivity contribution in [1.82, 2.24) is 24.3 Å². The number of ether oxygens (including phenoxy) is 1. The number of pyridine rings is 1. The number of rotatable bonds is 4. The van der Waals surface area contributed by atoms with Crippen LogP contribution in [0.2, 0.25) is 0 Å². The third-order valence-electron chi connectivity index (χ3n) is 4.57. The van der Waals surface area contributed by atoms with Gasteiger partial charge in [0.1, 0.15) is 23.6 Å². The SMILES string of the molecule is COc1cccc(-c2noc(Cn3c(=O)c4ccc(C(F)(F)F)nc4n(C)c3=O)n2)c1. The van der Waals surface area contributed by atoms with E-state index in [1.807, 2.05) is 0 Å². The first-order valence-corrected chi connectivity index (χ1v) is 8.84. The van der Waals surface area contributed by atoms with E-state index in [4.69, 9.17) is 9.26 Å². The molecule has 0 spiro atoms. The lowest BCUT2D eigenvalue weighted by Gasteiger charge is -2.11. The topological polar surface area (TPSA) is 105 Å². The zero-order valence-electron chi connectivity index (χ0n) is 16.2. The van der Waals surface area contributed by atoms with Gasteiger partial charge in [0.15, 0.2) is 0 Å². The molecule has 0 saturated heterocycles. The van der Waals surface area contributed by atoms with E-state index in [1.54, 1.807) is 24.3 Å². The molecule has 0 amide bonds. The van der Waals surface area contributed by atoms with E-state index < -0.39 is 23.1 Å². The minimum atomic E-state index is -4.71. The molecule has 0 saturated carbocycles. The molecule has 0 aliphatic heterocycles. The lowest BCUT2D eigenvalue weighted by molar-refractivity contribution is -0.141. The van der Waals surface area contributed by atoms with E-state index in [0.717, 1.165) is 15.2 Å². The molecule has 0 unspecified atom stereocenters. The lowest BCUT2D eigenvalue weighted by atomic mass is 10.2. The van der Waals surface area contributed by atoms with E-state index in [1.165, 1.54) is 14.2 Å². The number of hydrogen-bond acceptors (Lipinski definition) is 7. The van der Waals surface area contributed by atoms with Crippen molar-refractivity contribution in [3.8, 4) is 17.1 Å². The van der Waals surface area contributed by atoms with Crippen LogP contribution in [0.4, 0.5) is 13.2 Å². The number of alkyl halides is 3. The first-order chi connectivity index (χ1) is 14.7. The maximum Gasteiger partial charge on any atom is 0.433 e. The van der Waals surface area contributed by atoms with Crippen LogP contribution in [0.3, 0.4) is 0 Å². The second-order valence-corrected chi connectivity index (χ2v) is 6.54. The van der Waals surface area contributed by atoms with E-state index in [0.29, 0.717) is 17.4 Å². The van der Waals surface area contributed by atoms with E-state index in [2.05, 4.69) is 15.1 Å². The number of fused-ring (bicyclic) bond motifs is 1. The highest BCUT2D eigenvalue weighted by atomic mass is 19.4. The second kappa shape index (κ2) is 7.38. The molecule has 0 radical (unpaired) electrons. The summed E-state index contributed by atoms with van der Waals surface area (Å²) in [5, 5.41) is 3.69. The molecule has 12 heteroatoms. The summed E-state index contributed by atoms with van der Waals surface area (Å²) in [5.74, 6) is 0.765. The number of halogens is 3. The third kappa shape index (κ3) is 3.67. The van der Waals surface area contributed by atoms with Crippen LogP contribution in [0.15, 0.2) is 50.5 Å². The molecule has 4 rings (SSSR count). The first kappa shape index (κ1) is 20.3. The highest BCUT2D eigenvalue weighted by Crippen LogP contribution is 2.28. The van der Waals surface area contributed by atoms with Crippen molar-refractivity contribution in [2.45, 2.75) is 12.7 Å². The predicted molar refractivity (Wildman–Crippen MR) is 102 cm³/mol. The summed E-state index contributed by atoms with van der Waals surface area (Å²) < 4.78 is 50.8. The lowest BCUT2D eigenvalue weighted by Crippen LogP contribution is -2.39. The largest absolute Gasteiger partial charge is 0.497 e. The Labute approximate surface area is 171 Å². The van der Waals surface area contributed by atoms with Crippen LogP contribution in [-0.4, -0.2) is 31.4 Å². The molecule has 4 aromatic rings. The van der Waals surface area contributed by atoms with Gasteiger partial charge in [-0.05, 0) is 24.3 Å². The molecule has 0 aliphatic carbocycles. The summed E-state index contributed by atoms with van der Waals surface area (Å²) in [4.78, 5) is 33.0. The van der Waals surface area contributed by atoms with Crippen molar-refractivity contribution in [2.24, 2.45) is 7.05 Å². The average Bonchev–Trinajstić information content (AvgIpc) is 3.23. The molecule has 0 bridgehead atoms. The predicted octanol–water partition coefficient (Wildman–Crippen LogP) is 2.22. The Hall–Kier alpha value is -3.96. The minimum absolute atomic E-state index is 0.0313. The quantitative estimate of drug-likeness (QED) is 0.486. The molecule has 3 aromatic heterocycles. The molecule has 0 aliphatic rings. The van der Waals surface area contributed by atoms with Gasteiger partial charge in [0.05, 0.1) is 12.5 Å². The summed E-state index contributed by atoms with van der Waals surface area (Å²) in [7, 11) is 2.73. The second-order valence-electron chi connectivity index (χ2n) is 6.54. The number of aryl methyl sites for hydroxylation is 1. The van der Waals surface area contributed by atoms with Crippen molar-refractivity contribution >= 4 is 11.0 Å². The number of aromatic nitrogens is 5. The van der Waals surface area contributed by atoms with Crippen molar-refractivity contribution in [3.63, 3.8) is 0 Å². The van der Waals surface area contributed by atoms with Gasteiger partial charge < -0.3 is 9.26 Å². The molecule has 31 heavy (non-hydrogen) atoms. The zero-order chi connectivity index (χ0) is 22.3. The summed E-state index contributed by atoms with van der Waals surface area (Å²) in [6.07, 6.45) is -4.71. The highest BCUT2D eigenvalue weighted by Gasteiger charge is 2.33. The Morgan fingerprint density at radius 1 is 1.13 bits per heavy atom. The summed E-state index contributed by atoms with van der Waals surface area (Å²) in [5.41, 5.74) is -2.67. The van der Waals surface area contributed by atoms with Gasteiger partial charge in [-0.3, -0.25) is 13.9 Å². The summed E-state index contributed by atoms with van der Waals surface area (Å²) >= 11 is 0. The fourth-order valence-electron chi connectivity index (χ4n) is 3.01. The molecule has 1 aromatic carbocycles. The van der Waals surface area contributed by atoms with Crippen LogP contribution in [-0.2, 0) is 19.8 Å². The smallest absolute Gasteiger partial charge is 0.433 e. The Bertz CT molecular complexity index is 1400. The molecule has 3 heterocycles. The van der Waals surface area contributed by atoms with Crippen LogP contribution >= 0.6 is 0 Å². The van der Waals surface area contributed by atoms with Gasteiger partial charge in [-0.25, -0.2) is 9.78 Å². The Morgan fingerprint density at radius 2 is 1.90 bits per heavy atom. The van der Waals surface area contributed by atoms with Gasteiger partial charge in [0.25, 0.3) is 5.56 Å². The average molecular weight is 433 g/mol. The monoisotopic (exact) mass is 433 g/mol. The van der Waals surface area contributed by atoms with Crippen molar-refractivity contribution in [3.05, 3.63) is 68.8 Å². The maximum atomic E-state index is 12.9. The van der Waals surface area contributed by atoms with E-state index in [-0.39, 0.29) is 29.3 Å². The van der Waals surface area contributed by atoms with Gasteiger partial charge in [-0.15, -0.1) is 0 Å². The Balaban J connectivity index is 1.75. The maximum absolute atomic E-state index is 12.9. The van der Waals surface area contributed by atoms with Crippen molar-refractivity contribution in [1.29, 1.82) is 0 Å². The molecular formula is C19H14F3N5O4. The number of nitrogens with zero attached hydrogens (tertiary/aromatic N) is 5. The fourth-order valence-corrected chi connectivity index (χ4v) is 3.01. The van der Waals surface area contributed by atoms with Crippen LogP contribution in [0.5, 0.6) is 5.75 Å². The molecular weight excluding hydrogens is 419 g/mol. The first-order valence-electron chi connectivity index (χ1n) is 8.84. The van der Waals surface area contributed by atoms with Gasteiger partial charge in [-0.1, -0.05) is 17.3 Å². The molecule has 0 atom stereocenters. The van der Waals surface area contributed by atoms with Gasteiger partial charge in [-0.2, -0.15) is 18.2 Å². The van der Waals surface area contributed by atoms with Gasteiger partial charge in [0, 0.05) is 12.6 Å². The van der Waals surface area contributed by atoms with Crippen LogP contribution < -0.4 is 16.0 Å². The van der Waals surface area contributed by atoms with Crippen molar-refractivity contribution in [2.75, 3.05) is 7.11 Å². The van der Waals surface area contributed by atoms with Crippen LogP contribution in [0.1, 0.15) is 11.6 Å². The summed E-state index contributed by atoms with van der Waals surface area (Å²) in [6.45, 7) is -0.362. The Morgan fingerprint density at radius 3 is 2.61 bits per heavy atom. The van der Waals surface area contributed by atoms with Crippen molar-refractivity contribution < 1.29 is 22.4 Å². The summed E-state index contributed by atoms with van der Waals surface area (Å²) in [6, 6.07) is 8.55. The normalized spacial score (nSPS) is 11.8. The number of methoxy groups -OCH3 is 1. The standard InChI is InChI=1S/C19H14F3N5O4/c1-26-16-12(6-7-13(23-16)19(20,21)22)17(28)27(18(26)29)9-14-24-15(25-31-14)10-4-3-5-11(8-10)30-2/h3-8H,9H2,1-2H3. The molecule has 0 N–H and O–H groups in total. The zero-order valence-corrected chi connectivity index (χ0v) is 16.2. The van der Waals surface area contributed by atoms with Gasteiger partial charge >= 0.3 is 11.9 Å². The van der Waals surface area contributed by atoms with Crippen LogP contribution in [0, 0.1) is 0 Å². The fraction of sp³-hybridized carbons (Fsp3) is 0.211.